The highest BCUT2D eigenvalue weighted by Crippen LogP contribution is 2.24. The summed E-state index contributed by atoms with van der Waals surface area (Å²) >= 11 is 0. The fourth-order valence-electron chi connectivity index (χ4n) is 1.41. The Morgan fingerprint density at radius 2 is 2.00 bits per heavy atom. The van der Waals surface area contributed by atoms with Crippen LogP contribution < -0.4 is 0 Å². The van der Waals surface area contributed by atoms with Crippen LogP contribution in [0.4, 0.5) is 5.69 Å². The van der Waals surface area contributed by atoms with Gasteiger partial charge in [0.2, 0.25) is 0 Å². The first-order chi connectivity index (χ1) is 6.93. The maximum atomic E-state index is 10.6. The van der Waals surface area contributed by atoms with E-state index in [1.807, 2.05) is 0 Å². The lowest BCUT2D eigenvalue weighted by Gasteiger charge is -2.06. The highest BCUT2D eigenvalue weighted by atomic mass is 16.6. The monoisotopic (exact) mass is 209 g/mol. The fourth-order valence-corrected chi connectivity index (χ4v) is 1.41. The van der Waals surface area contributed by atoms with E-state index in [1.54, 1.807) is 13.8 Å². The van der Waals surface area contributed by atoms with E-state index >= 15 is 0 Å². The van der Waals surface area contributed by atoms with E-state index < -0.39 is 10.9 Å². The molecule has 0 radical (unpaired) electrons. The van der Waals surface area contributed by atoms with Crippen LogP contribution in [0.5, 0.6) is 0 Å². The van der Waals surface area contributed by atoms with Crippen LogP contribution in [0.3, 0.4) is 0 Å². The number of carbonyl (C=O) groups is 1. The molecule has 0 spiro atoms. The molecule has 0 saturated carbocycles. The molecule has 80 valence electrons. The smallest absolute Gasteiger partial charge is 0.307 e. The average Bonchev–Trinajstić information content (AvgIpc) is 2.12. The van der Waals surface area contributed by atoms with Gasteiger partial charge in [0.05, 0.1) is 11.3 Å². The van der Waals surface area contributed by atoms with Gasteiger partial charge < -0.3 is 5.11 Å². The summed E-state index contributed by atoms with van der Waals surface area (Å²) < 4.78 is 0. The highest BCUT2D eigenvalue weighted by molar-refractivity contribution is 5.71. The van der Waals surface area contributed by atoms with Crippen molar-refractivity contribution in [2.75, 3.05) is 0 Å². The summed E-state index contributed by atoms with van der Waals surface area (Å²) in [5.74, 6) is -0.939. The number of rotatable bonds is 3. The third kappa shape index (κ3) is 2.31. The SMILES string of the molecule is Cc1c(CC(=O)O)ccc([N+](=O)[O-])c1C. The van der Waals surface area contributed by atoms with Gasteiger partial charge in [0, 0.05) is 11.6 Å². The van der Waals surface area contributed by atoms with Crippen LogP contribution in [0.1, 0.15) is 16.7 Å². The molecule has 1 aromatic rings. The second-order valence-electron chi connectivity index (χ2n) is 3.32. The molecule has 0 fully saturated rings. The molecule has 0 heterocycles. The lowest BCUT2D eigenvalue weighted by atomic mass is 9.99. The van der Waals surface area contributed by atoms with E-state index in [-0.39, 0.29) is 12.1 Å². The number of hydrogen-bond donors (Lipinski definition) is 1. The number of aliphatic carboxylic acids is 1. The molecule has 0 aromatic heterocycles. The van der Waals surface area contributed by atoms with E-state index in [4.69, 9.17) is 5.11 Å². The van der Waals surface area contributed by atoms with Gasteiger partial charge >= 0.3 is 5.97 Å². The highest BCUT2D eigenvalue weighted by Gasteiger charge is 2.15. The molecular formula is C10H11NO4. The number of carboxylic acids is 1. The Bertz CT molecular complexity index is 426. The summed E-state index contributed by atoms with van der Waals surface area (Å²) in [5, 5.41) is 19.2. The Hall–Kier alpha value is -1.91. The zero-order valence-electron chi connectivity index (χ0n) is 8.48. The predicted octanol–water partition coefficient (Wildman–Crippen LogP) is 1.84. The van der Waals surface area contributed by atoms with E-state index in [0.29, 0.717) is 16.7 Å². The van der Waals surface area contributed by atoms with Crippen molar-refractivity contribution in [2.45, 2.75) is 20.3 Å². The third-order valence-corrected chi connectivity index (χ3v) is 2.41. The molecule has 0 amide bonds. The molecule has 0 saturated heterocycles. The number of benzene rings is 1. The van der Waals surface area contributed by atoms with Crippen LogP contribution >= 0.6 is 0 Å². The molecule has 0 aliphatic heterocycles. The summed E-state index contributed by atoms with van der Waals surface area (Å²) in [7, 11) is 0. The first kappa shape index (κ1) is 11.2. The van der Waals surface area contributed by atoms with Crippen molar-refractivity contribution >= 4 is 11.7 Å². The molecule has 5 nitrogen and oxygen atoms in total. The number of carboxylic acid groups (broad SMARTS) is 1. The minimum absolute atomic E-state index is 0.0293. The first-order valence-electron chi connectivity index (χ1n) is 4.38. The molecule has 0 bridgehead atoms. The predicted molar refractivity (Wildman–Crippen MR) is 53.9 cm³/mol. The van der Waals surface area contributed by atoms with Crippen molar-refractivity contribution in [3.05, 3.63) is 38.9 Å². The number of hydrogen-bond acceptors (Lipinski definition) is 3. The summed E-state index contributed by atoms with van der Waals surface area (Å²) in [4.78, 5) is 20.6. The maximum Gasteiger partial charge on any atom is 0.307 e. The minimum atomic E-state index is -0.939. The molecule has 1 aromatic carbocycles. The Morgan fingerprint density at radius 1 is 1.40 bits per heavy atom. The van der Waals surface area contributed by atoms with Gasteiger partial charge in [-0.05, 0) is 25.0 Å². The van der Waals surface area contributed by atoms with E-state index in [1.165, 1.54) is 12.1 Å². The molecule has 1 N–H and O–H groups in total. The van der Waals surface area contributed by atoms with Crippen LogP contribution in [0, 0.1) is 24.0 Å². The van der Waals surface area contributed by atoms with E-state index in [2.05, 4.69) is 0 Å². The van der Waals surface area contributed by atoms with Crippen LogP contribution in [-0.2, 0) is 11.2 Å². The molecule has 0 unspecified atom stereocenters. The topological polar surface area (TPSA) is 80.4 Å². The number of nitro groups is 1. The van der Waals surface area contributed by atoms with Gasteiger partial charge in [-0.15, -0.1) is 0 Å². The van der Waals surface area contributed by atoms with Crippen molar-refractivity contribution in [3.63, 3.8) is 0 Å². The molecule has 1 rings (SSSR count). The van der Waals surface area contributed by atoms with Gasteiger partial charge in [0.25, 0.3) is 5.69 Å². The summed E-state index contributed by atoms with van der Waals surface area (Å²) in [6.07, 6.45) is -0.106. The summed E-state index contributed by atoms with van der Waals surface area (Å²) in [5.41, 5.74) is 1.84. The molecule has 5 heteroatoms. The lowest BCUT2D eigenvalue weighted by Crippen LogP contribution is -2.04. The van der Waals surface area contributed by atoms with Crippen LogP contribution in [0.25, 0.3) is 0 Å². The normalized spacial score (nSPS) is 10.0. The van der Waals surface area contributed by atoms with Crippen LogP contribution in [0.2, 0.25) is 0 Å². The fraction of sp³-hybridized carbons (Fsp3) is 0.300. The second-order valence-corrected chi connectivity index (χ2v) is 3.32. The van der Waals surface area contributed by atoms with Crippen molar-refractivity contribution in [3.8, 4) is 0 Å². The van der Waals surface area contributed by atoms with Gasteiger partial charge in [-0.25, -0.2) is 0 Å². The van der Waals surface area contributed by atoms with Gasteiger partial charge in [-0.2, -0.15) is 0 Å². The van der Waals surface area contributed by atoms with Crippen molar-refractivity contribution < 1.29 is 14.8 Å². The molecule has 0 aliphatic rings. The maximum absolute atomic E-state index is 10.6. The van der Waals surface area contributed by atoms with Crippen LogP contribution in [0.15, 0.2) is 12.1 Å². The second kappa shape index (κ2) is 4.08. The standard InChI is InChI=1S/C10H11NO4/c1-6-7(2)9(11(14)15)4-3-8(6)5-10(12)13/h3-4H,5H2,1-2H3,(H,12,13). The average molecular weight is 209 g/mol. The summed E-state index contributed by atoms with van der Waals surface area (Å²) in [6, 6.07) is 2.84. The zero-order valence-corrected chi connectivity index (χ0v) is 8.48. The molecule has 0 atom stereocenters. The lowest BCUT2D eigenvalue weighted by molar-refractivity contribution is -0.385. The van der Waals surface area contributed by atoms with Crippen molar-refractivity contribution in [2.24, 2.45) is 0 Å². The van der Waals surface area contributed by atoms with Gasteiger partial charge in [0.15, 0.2) is 0 Å². The molecule has 0 aliphatic carbocycles. The Labute approximate surface area is 86.5 Å². The van der Waals surface area contributed by atoms with Gasteiger partial charge in [0.1, 0.15) is 0 Å². The number of nitrogens with zero attached hydrogens (tertiary/aromatic N) is 1. The Balaban J connectivity index is 3.21. The van der Waals surface area contributed by atoms with E-state index in [0.717, 1.165) is 0 Å². The summed E-state index contributed by atoms with van der Waals surface area (Å²) in [6.45, 7) is 3.32. The Kier molecular flexibility index (Phi) is 3.04. The molecular weight excluding hydrogens is 198 g/mol. The van der Waals surface area contributed by atoms with Crippen molar-refractivity contribution in [1.82, 2.24) is 0 Å². The van der Waals surface area contributed by atoms with Crippen LogP contribution in [-0.4, -0.2) is 16.0 Å². The quantitative estimate of drug-likeness (QED) is 0.608. The molecule has 15 heavy (non-hydrogen) atoms. The van der Waals surface area contributed by atoms with Gasteiger partial charge in [-0.1, -0.05) is 6.07 Å². The third-order valence-electron chi connectivity index (χ3n) is 2.41. The zero-order chi connectivity index (χ0) is 11.6. The largest absolute Gasteiger partial charge is 0.481 e. The van der Waals surface area contributed by atoms with Crippen molar-refractivity contribution in [1.29, 1.82) is 0 Å². The number of nitro benzene ring substituents is 1. The first-order valence-corrected chi connectivity index (χ1v) is 4.38. The minimum Gasteiger partial charge on any atom is -0.481 e. The van der Waals surface area contributed by atoms with E-state index in [9.17, 15) is 14.9 Å². The van der Waals surface area contributed by atoms with Gasteiger partial charge in [-0.3, -0.25) is 14.9 Å². The Morgan fingerprint density at radius 3 is 2.47 bits per heavy atom.